The molecule has 5 heteroatoms. The van der Waals surface area contributed by atoms with Crippen LogP contribution in [0, 0.1) is 6.92 Å². The van der Waals surface area contributed by atoms with Crippen molar-refractivity contribution in [3.8, 4) is 0 Å². The molecular formula is C22H25NO3S. The Balaban J connectivity index is 1.83. The van der Waals surface area contributed by atoms with Crippen LogP contribution in [0.5, 0.6) is 0 Å². The minimum Gasteiger partial charge on any atom is -0.475 e. The molecule has 0 spiro atoms. The van der Waals surface area contributed by atoms with Gasteiger partial charge in [-0.05, 0) is 50.3 Å². The maximum Gasteiger partial charge on any atom is 0.285 e. The molecule has 0 radical (unpaired) electrons. The van der Waals surface area contributed by atoms with Crippen LogP contribution in [0.1, 0.15) is 43.2 Å². The van der Waals surface area contributed by atoms with E-state index in [1.54, 1.807) is 24.3 Å². The summed E-state index contributed by atoms with van der Waals surface area (Å²) >= 11 is 0. The van der Waals surface area contributed by atoms with E-state index in [0.717, 1.165) is 30.4 Å². The van der Waals surface area contributed by atoms with Crippen molar-refractivity contribution in [2.24, 2.45) is 4.40 Å². The predicted octanol–water partition coefficient (Wildman–Crippen LogP) is 5.19. The lowest BCUT2D eigenvalue weighted by atomic mass is 9.97. The number of hydrogen-bond acceptors (Lipinski definition) is 3. The number of nitrogens with zero attached hydrogens (tertiary/aromatic N) is 1. The number of aryl methyl sites for hydroxylation is 1. The van der Waals surface area contributed by atoms with Crippen molar-refractivity contribution < 1.29 is 13.2 Å². The lowest BCUT2D eigenvalue weighted by Gasteiger charge is -2.15. The average molecular weight is 384 g/mol. The van der Waals surface area contributed by atoms with Crippen molar-refractivity contribution in [1.82, 2.24) is 0 Å². The number of benzene rings is 2. The fourth-order valence-electron chi connectivity index (χ4n) is 3.01. The highest BCUT2D eigenvalue weighted by atomic mass is 32.2. The molecule has 2 aromatic carbocycles. The van der Waals surface area contributed by atoms with Gasteiger partial charge in [0.1, 0.15) is 6.61 Å². The van der Waals surface area contributed by atoms with Gasteiger partial charge in [-0.3, -0.25) is 0 Å². The Morgan fingerprint density at radius 3 is 2.44 bits per heavy atom. The summed E-state index contributed by atoms with van der Waals surface area (Å²) in [5, 5.41) is 0. The van der Waals surface area contributed by atoms with E-state index in [2.05, 4.69) is 10.5 Å². The Hall–Kier alpha value is -2.40. The Kier molecular flexibility index (Phi) is 6.45. The quantitative estimate of drug-likeness (QED) is 0.392. The molecule has 0 fully saturated rings. The van der Waals surface area contributed by atoms with E-state index in [9.17, 15) is 8.42 Å². The van der Waals surface area contributed by atoms with Crippen LogP contribution in [0.15, 0.2) is 75.5 Å². The van der Waals surface area contributed by atoms with Crippen LogP contribution >= 0.6 is 0 Å². The largest absolute Gasteiger partial charge is 0.475 e. The summed E-state index contributed by atoms with van der Waals surface area (Å²) in [7, 11) is -3.80. The topological polar surface area (TPSA) is 55.7 Å². The zero-order valence-electron chi connectivity index (χ0n) is 15.6. The number of rotatable bonds is 6. The lowest BCUT2D eigenvalue weighted by Crippen LogP contribution is -2.11. The second-order valence-corrected chi connectivity index (χ2v) is 8.44. The maximum atomic E-state index is 12.7. The van der Waals surface area contributed by atoms with Crippen molar-refractivity contribution in [2.75, 3.05) is 0 Å². The zero-order valence-corrected chi connectivity index (χ0v) is 16.4. The van der Waals surface area contributed by atoms with Crippen LogP contribution in [-0.2, 0) is 21.4 Å². The third-order valence-electron chi connectivity index (χ3n) is 4.55. The molecule has 142 valence electrons. The zero-order chi connectivity index (χ0) is 19.1. The summed E-state index contributed by atoms with van der Waals surface area (Å²) in [6.45, 7) is 2.22. The number of ether oxygens (including phenoxy) is 1. The van der Waals surface area contributed by atoms with Gasteiger partial charge >= 0.3 is 0 Å². The molecule has 0 aliphatic heterocycles. The fourth-order valence-corrected chi connectivity index (χ4v) is 3.98. The molecule has 27 heavy (non-hydrogen) atoms. The van der Waals surface area contributed by atoms with Gasteiger partial charge in [0.25, 0.3) is 10.0 Å². The van der Waals surface area contributed by atoms with E-state index in [-0.39, 0.29) is 10.8 Å². The minimum atomic E-state index is -3.80. The summed E-state index contributed by atoms with van der Waals surface area (Å²) in [6, 6.07) is 16.4. The molecule has 0 saturated heterocycles. The molecule has 0 bridgehead atoms. The van der Waals surface area contributed by atoms with Crippen LogP contribution in [0.25, 0.3) is 0 Å². The molecule has 0 unspecified atom stereocenters. The van der Waals surface area contributed by atoms with Crippen molar-refractivity contribution in [3.05, 3.63) is 77.4 Å². The average Bonchev–Trinajstić information content (AvgIpc) is 2.68. The van der Waals surface area contributed by atoms with Gasteiger partial charge in [0.05, 0.1) is 4.90 Å². The highest BCUT2D eigenvalue weighted by molar-refractivity contribution is 7.90. The Morgan fingerprint density at radius 1 is 1.04 bits per heavy atom. The van der Waals surface area contributed by atoms with Gasteiger partial charge in [-0.25, -0.2) is 0 Å². The van der Waals surface area contributed by atoms with Crippen molar-refractivity contribution in [2.45, 2.75) is 50.5 Å². The van der Waals surface area contributed by atoms with Gasteiger partial charge in [-0.1, -0.05) is 59.7 Å². The maximum absolute atomic E-state index is 12.7. The van der Waals surface area contributed by atoms with E-state index < -0.39 is 10.0 Å². The summed E-state index contributed by atoms with van der Waals surface area (Å²) in [6.07, 6.45) is 6.94. The summed E-state index contributed by atoms with van der Waals surface area (Å²) in [4.78, 5) is 0.187. The van der Waals surface area contributed by atoms with Gasteiger partial charge in [0.15, 0.2) is 0 Å². The summed E-state index contributed by atoms with van der Waals surface area (Å²) < 4.78 is 35.3. The molecule has 0 N–H and O–H groups in total. The number of hydrogen-bond donors (Lipinski definition) is 0. The minimum absolute atomic E-state index is 0.187. The first kappa shape index (κ1) is 19.4. The van der Waals surface area contributed by atoms with Gasteiger partial charge < -0.3 is 4.74 Å². The van der Waals surface area contributed by atoms with E-state index in [1.165, 1.54) is 12.0 Å². The molecule has 0 saturated carbocycles. The Labute approximate surface area is 161 Å². The van der Waals surface area contributed by atoms with E-state index in [0.29, 0.717) is 13.0 Å². The van der Waals surface area contributed by atoms with Gasteiger partial charge in [0.2, 0.25) is 5.90 Å². The molecular weight excluding hydrogens is 358 g/mol. The van der Waals surface area contributed by atoms with Crippen molar-refractivity contribution in [1.29, 1.82) is 0 Å². The van der Waals surface area contributed by atoms with E-state index in [1.807, 2.05) is 37.3 Å². The van der Waals surface area contributed by atoms with E-state index in [4.69, 9.17) is 4.74 Å². The Bertz CT molecular complexity index is 914. The smallest absolute Gasteiger partial charge is 0.285 e. The molecule has 4 nitrogen and oxygen atoms in total. The van der Waals surface area contributed by atoms with Gasteiger partial charge in [-0.2, -0.15) is 8.42 Å². The number of allylic oxidation sites excluding steroid dienone is 1. The van der Waals surface area contributed by atoms with E-state index >= 15 is 0 Å². The van der Waals surface area contributed by atoms with Crippen molar-refractivity contribution in [3.63, 3.8) is 0 Å². The van der Waals surface area contributed by atoms with Crippen molar-refractivity contribution >= 4 is 15.9 Å². The molecule has 2 aromatic rings. The normalized spacial score (nSPS) is 15.3. The van der Waals surface area contributed by atoms with Crippen LogP contribution in [-0.4, -0.2) is 14.3 Å². The van der Waals surface area contributed by atoms with Crippen LogP contribution in [0.4, 0.5) is 0 Å². The fraction of sp³-hybridized carbons (Fsp3) is 0.318. The first-order valence-electron chi connectivity index (χ1n) is 9.28. The third kappa shape index (κ3) is 5.79. The molecule has 3 rings (SSSR count). The standard InChI is InChI=1S/C22H25NO3S/c1-18-12-14-21(15-13-18)27(24,25)23-22(16-19-8-4-2-5-9-19)26-17-20-10-6-3-7-11-20/h3,6-8,10-15H,2,4-5,9,16-17H2,1H3/b23-22+. The highest BCUT2D eigenvalue weighted by Crippen LogP contribution is 2.22. The summed E-state index contributed by atoms with van der Waals surface area (Å²) in [5.41, 5.74) is 3.19. The SMILES string of the molecule is Cc1ccc(S(=O)(=O)/N=C(\CC2=CCCCC2)OCc2ccccc2)cc1. The Morgan fingerprint density at radius 2 is 1.78 bits per heavy atom. The van der Waals surface area contributed by atoms with Crippen LogP contribution in [0.3, 0.4) is 0 Å². The first-order chi connectivity index (χ1) is 13.0. The molecule has 1 aliphatic rings. The molecule has 0 amide bonds. The molecule has 0 aromatic heterocycles. The second kappa shape index (κ2) is 9.00. The highest BCUT2D eigenvalue weighted by Gasteiger charge is 2.17. The first-order valence-corrected chi connectivity index (χ1v) is 10.7. The summed E-state index contributed by atoms with van der Waals surface area (Å²) in [5.74, 6) is 0.257. The lowest BCUT2D eigenvalue weighted by molar-refractivity contribution is 0.286. The van der Waals surface area contributed by atoms with Gasteiger partial charge in [0, 0.05) is 6.42 Å². The van der Waals surface area contributed by atoms with Crippen LogP contribution < -0.4 is 0 Å². The second-order valence-electron chi connectivity index (χ2n) is 6.83. The van der Waals surface area contributed by atoms with Crippen LogP contribution in [0.2, 0.25) is 0 Å². The molecule has 1 aliphatic carbocycles. The molecule has 0 heterocycles. The van der Waals surface area contributed by atoms with Gasteiger partial charge in [-0.15, -0.1) is 4.40 Å². The number of sulfonamides is 1. The molecule has 0 atom stereocenters. The third-order valence-corrected chi connectivity index (χ3v) is 5.86. The monoisotopic (exact) mass is 383 g/mol. The predicted molar refractivity (Wildman–Crippen MR) is 108 cm³/mol.